The molecule has 1 aromatic rings. The number of carbonyl (C=O) groups excluding carboxylic acids is 1. The number of anilines is 1. The summed E-state index contributed by atoms with van der Waals surface area (Å²) in [5.41, 5.74) is 0.684. The molecule has 1 fully saturated rings. The van der Waals surface area contributed by atoms with Gasteiger partial charge in [0.2, 0.25) is 0 Å². The Morgan fingerprint density at radius 2 is 1.78 bits per heavy atom. The highest BCUT2D eigenvalue weighted by Crippen LogP contribution is 2.23. The molecule has 2 rings (SSSR count). The maximum Gasteiger partial charge on any atom is 0.410 e. The number of hydrogen-bond donors (Lipinski definition) is 0. The van der Waals surface area contributed by atoms with E-state index in [-0.39, 0.29) is 12.2 Å². The summed E-state index contributed by atoms with van der Waals surface area (Å²) in [7, 11) is 0. The van der Waals surface area contributed by atoms with Gasteiger partial charge in [0.05, 0.1) is 6.10 Å². The van der Waals surface area contributed by atoms with Crippen molar-refractivity contribution in [2.45, 2.75) is 46.3 Å². The summed E-state index contributed by atoms with van der Waals surface area (Å²) in [4.78, 5) is 16.1. The second kappa shape index (κ2) is 7.11. The number of amides is 1. The molecule has 5 nitrogen and oxygen atoms in total. The molecule has 0 radical (unpaired) electrons. The Kier molecular flexibility index (Phi) is 5.39. The minimum absolute atomic E-state index is 0.161. The molecule has 23 heavy (non-hydrogen) atoms. The molecular weight excluding hydrogens is 292 g/mol. The lowest BCUT2D eigenvalue weighted by molar-refractivity contribution is 0.0240. The molecule has 0 spiro atoms. The highest BCUT2D eigenvalue weighted by atomic mass is 16.6. The maximum atomic E-state index is 12.1. The van der Waals surface area contributed by atoms with Gasteiger partial charge in [-0.15, -0.1) is 0 Å². The van der Waals surface area contributed by atoms with Gasteiger partial charge in [0.25, 0.3) is 0 Å². The van der Waals surface area contributed by atoms with E-state index in [1.165, 1.54) is 0 Å². The Bertz CT molecular complexity index is 529. The SMILES string of the molecule is CC(C)Oc1cccc(N2CCN(C(=O)OC(C)(C)C)CC2)c1. The van der Waals surface area contributed by atoms with Gasteiger partial charge < -0.3 is 19.3 Å². The Hall–Kier alpha value is -1.91. The summed E-state index contributed by atoms with van der Waals surface area (Å²) in [5.74, 6) is 0.882. The largest absolute Gasteiger partial charge is 0.491 e. The molecule has 5 heteroatoms. The molecule has 128 valence electrons. The van der Waals surface area contributed by atoms with Crippen LogP contribution in [0, 0.1) is 0 Å². The molecule has 1 heterocycles. The van der Waals surface area contributed by atoms with E-state index in [2.05, 4.69) is 17.0 Å². The number of carbonyl (C=O) groups is 1. The first-order valence-corrected chi connectivity index (χ1v) is 8.24. The lowest BCUT2D eigenvalue weighted by Gasteiger charge is -2.36. The number of rotatable bonds is 3. The summed E-state index contributed by atoms with van der Waals surface area (Å²) < 4.78 is 11.2. The van der Waals surface area contributed by atoms with E-state index in [1.54, 1.807) is 4.90 Å². The second-order valence-electron chi connectivity index (χ2n) is 7.12. The minimum atomic E-state index is -0.448. The highest BCUT2D eigenvalue weighted by molar-refractivity contribution is 5.68. The third-order valence-electron chi connectivity index (χ3n) is 3.49. The highest BCUT2D eigenvalue weighted by Gasteiger charge is 2.26. The van der Waals surface area contributed by atoms with E-state index in [0.29, 0.717) is 13.1 Å². The van der Waals surface area contributed by atoms with E-state index in [0.717, 1.165) is 24.5 Å². The topological polar surface area (TPSA) is 42.0 Å². The summed E-state index contributed by atoms with van der Waals surface area (Å²) in [6.07, 6.45) is -0.0664. The quantitative estimate of drug-likeness (QED) is 0.854. The van der Waals surface area contributed by atoms with Crippen molar-refractivity contribution in [2.75, 3.05) is 31.1 Å². The normalized spacial score (nSPS) is 15.7. The van der Waals surface area contributed by atoms with Crippen molar-refractivity contribution in [1.82, 2.24) is 4.90 Å². The lowest BCUT2D eigenvalue weighted by atomic mass is 10.2. The van der Waals surface area contributed by atoms with Crippen molar-refractivity contribution in [3.63, 3.8) is 0 Å². The molecule has 1 aliphatic heterocycles. The van der Waals surface area contributed by atoms with Gasteiger partial charge in [-0.05, 0) is 46.8 Å². The Labute approximate surface area is 139 Å². The standard InChI is InChI=1S/C18H28N2O3/c1-14(2)22-16-8-6-7-15(13-16)19-9-11-20(12-10-19)17(21)23-18(3,4)5/h6-8,13-14H,9-12H2,1-5H3. The summed E-state index contributed by atoms with van der Waals surface area (Å²) in [6, 6.07) is 8.12. The zero-order chi connectivity index (χ0) is 17.0. The van der Waals surface area contributed by atoms with Crippen LogP contribution in [0.2, 0.25) is 0 Å². The van der Waals surface area contributed by atoms with Crippen LogP contribution < -0.4 is 9.64 Å². The first-order chi connectivity index (χ1) is 10.7. The Balaban J connectivity index is 1.93. The van der Waals surface area contributed by atoms with Crippen molar-refractivity contribution < 1.29 is 14.3 Å². The van der Waals surface area contributed by atoms with Crippen LogP contribution in [-0.2, 0) is 4.74 Å². The van der Waals surface area contributed by atoms with Crippen LogP contribution in [0.25, 0.3) is 0 Å². The molecule has 1 saturated heterocycles. The van der Waals surface area contributed by atoms with Crippen molar-refractivity contribution in [3.05, 3.63) is 24.3 Å². The van der Waals surface area contributed by atoms with Gasteiger partial charge in [0.15, 0.2) is 0 Å². The molecule has 0 unspecified atom stereocenters. The number of ether oxygens (including phenoxy) is 2. The Morgan fingerprint density at radius 1 is 1.13 bits per heavy atom. The Morgan fingerprint density at radius 3 is 2.35 bits per heavy atom. The van der Waals surface area contributed by atoms with Crippen LogP contribution in [0.4, 0.5) is 10.5 Å². The monoisotopic (exact) mass is 320 g/mol. The first-order valence-electron chi connectivity index (χ1n) is 8.24. The van der Waals surface area contributed by atoms with E-state index in [4.69, 9.17) is 9.47 Å². The van der Waals surface area contributed by atoms with Crippen molar-refractivity contribution in [3.8, 4) is 5.75 Å². The lowest BCUT2D eigenvalue weighted by Crippen LogP contribution is -2.50. The third-order valence-corrected chi connectivity index (χ3v) is 3.49. The fourth-order valence-corrected chi connectivity index (χ4v) is 2.50. The molecule has 1 amide bonds. The minimum Gasteiger partial charge on any atom is -0.491 e. The van der Waals surface area contributed by atoms with E-state index >= 15 is 0 Å². The van der Waals surface area contributed by atoms with Crippen LogP contribution in [0.1, 0.15) is 34.6 Å². The third kappa shape index (κ3) is 5.34. The van der Waals surface area contributed by atoms with Crippen LogP contribution >= 0.6 is 0 Å². The molecule has 0 N–H and O–H groups in total. The van der Waals surface area contributed by atoms with Crippen LogP contribution in [0.3, 0.4) is 0 Å². The molecule has 0 atom stereocenters. The van der Waals surface area contributed by atoms with Crippen molar-refractivity contribution >= 4 is 11.8 Å². The molecular formula is C18H28N2O3. The number of hydrogen-bond acceptors (Lipinski definition) is 4. The number of nitrogens with zero attached hydrogens (tertiary/aromatic N) is 2. The zero-order valence-electron chi connectivity index (χ0n) is 14.8. The first kappa shape index (κ1) is 17.4. The van der Waals surface area contributed by atoms with Crippen LogP contribution in [-0.4, -0.2) is 48.9 Å². The van der Waals surface area contributed by atoms with Gasteiger partial charge in [0.1, 0.15) is 11.4 Å². The van der Waals surface area contributed by atoms with E-state index in [9.17, 15) is 4.79 Å². The molecule has 1 aromatic carbocycles. The molecule has 0 aromatic heterocycles. The molecule has 0 bridgehead atoms. The van der Waals surface area contributed by atoms with Gasteiger partial charge in [0, 0.05) is 37.9 Å². The van der Waals surface area contributed by atoms with Gasteiger partial charge >= 0.3 is 6.09 Å². The number of piperazine rings is 1. The fraction of sp³-hybridized carbons (Fsp3) is 0.611. The summed E-state index contributed by atoms with van der Waals surface area (Å²) in [6.45, 7) is 12.6. The van der Waals surface area contributed by atoms with E-state index in [1.807, 2.05) is 46.8 Å². The fourth-order valence-electron chi connectivity index (χ4n) is 2.50. The predicted octanol–water partition coefficient (Wildman–Crippen LogP) is 3.53. The smallest absolute Gasteiger partial charge is 0.410 e. The second-order valence-corrected chi connectivity index (χ2v) is 7.12. The van der Waals surface area contributed by atoms with Gasteiger partial charge in [-0.1, -0.05) is 6.07 Å². The maximum absolute atomic E-state index is 12.1. The van der Waals surface area contributed by atoms with E-state index < -0.39 is 5.60 Å². The number of benzene rings is 1. The summed E-state index contributed by atoms with van der Waals surface area (Å²) >= 11 is 0. The summed E-state index contributed by atoms with van der Waals surface area (Å²) in [5, 5.41) is 0. The van der Waals surface area contributed by atoms with Gasteiger partial charge in [-0.3, -0.25) is 0 Å². The average Bonchev–Trinajstić information content (AvgIpc) is 2.45. The molecule has 0 aliphatic carbocycles. The average molecular weight is 320 g/mol. The van der Waals surface area contributed by atoms with Crippen LogP contribution in [0.5, 0.6) is 5.75 Å². The van der Waals surface area contributed by atoms with Crippen LogP contribution in [0.15, 0.2) is 24.3 Å². The van der Waals surface area contributed by atoms with Crippen molar-refractivity contribution in [1.29, 1.82) is 0 Å². The van der Waals surface area contributed by atoms with Gasteiger partial charge in [-0.2, -0.15) is 0 Å². The molecule has 0 saturated carbocycles. The zero-order valence-corrected chi connectivity index (χ0v) is 14.8. The van der Waals surface area contributed by atoms with Gasteiger partial charge in [-0.25, -0.2) is 4.79 Å². The predicted molar refractivity (Wildman–Crippen MR) is 92.2 cm³/mol. The van der Waals surface area contributed by atoms with Crippen molar-refractivity contribution in [2.24, 2.45) is 0 Å². The molecule has 1 aliphatic rings.